The monoisotopic (exact) mass is 414 g/mol. The third kappa shape index (κ3) is 3.31. The molecule has 154 valence electrons. The van der Waals surface area contributed by atoms with Gasteiger partial charge < -0.3 is 5.32 Å². The van der Waals surface area contributed by atoms with Gasteiger partial charge >= 0.3 is 0 Å². The zero-order valence-corrected chi connectivity index (χ0v) is 17.0. The van der Waals surface area contributed by atoms with Crippen molar-refractivity contribution in [1.29, 1.82) is 0 Å². The number of aromatic nitrogens is 6. The molecule has 0 aliphatic carbocycles. The molecular weight excluding hydrogens is 390 g/mol. The summed E-state index contributed by atoms with van der Waals surface area (Å²) in [6, 6.07) is 12.4. The van der Waals surface area contributed by atoms with Gasteiger partial charge in [-0.25, -0.2) is 4.98 Å². The number of rotatable bonds is 4. The van der Waals surface area contributed by atoms with Crippen LogP contribution in [0.4, 0.5) is 5.82 Å². The maximum absolute atomic E-state index is 13.7. The average molecular weight is 414 g/mol. The van der Waals surface area contributed by atoms with Crippen molar-refractivity contribution in [3.63, 3.8) is 0 Å². The standard InChI is InChI=1S/C23H21N7O/c1-4-24-20-10-9-19-22(26-20)21(15-6-5-14(2)25-12-15)23(31)30(28-19)17-7-8-18-16(11-17)13-29(3)27-18/h5-13H,4H2,1-3H3,(H,24,26)/i3D3. The highest BCUT2D eigenvalue weighted by molar-refractivity contribution is 5.91. The minimum atomic E-state index is -2.39. The van der Waals surface area contributed by atoms with Crippen LogP contribution in [0.1, 0.15) is 16.7 Å². The number of nitrogens with one attached hydrogen (secondary N) is 1. The number of hydrogen-bond acceptors (Lipinski definition) is 6. The average Bonchev–Trinajstić information content (AvgIpc) is 3.24. The second kappa shape index (κ2) is 7.32. The number of benzene rings is 1. The van der Waals surface area contributed by atoms with Crippen molar-refractivity contribution in [2.45, 2.75) is 13.8 Å². The van der Waals surface area contributed by atoms with E-state index in [0.29, 0.717) is 51.1 Å². The fraction of sp³-hybridized carbons (Fsp3) is 0.174. The van der Waals surface area contributed by atoms with Crippen molar-refractivity contribution < 1.29 is 4.11 Å². The van der Waals surface area contributed by atoms with Gasteiger partial charge in [-0.05, 0) is 50.2 Å². The molecule has 0 spiro atoms. The summed E-state index contributed by atoms with van der Waals surface area (Å²) in [5.41, 5.74) is 3.50. The van der Waals surface area contributed by atoms with Gasteiger partial charge in [-0.3, -0.25) is 14.5 Å². The van der Waals surface area contributed by atoms with Gasteiger partial charge in [0, 0.05) is 46.7 Å². The molecule has 5 aromatic rings. The van der Waals surface area contributed by atoms with Crippen LogP contribution in [0.3, 0.4) is 0 Å². The van der Waals surface area contributed by atoms with Crippen molar-refractivity contribution in [2.75, 3.05) is 11.9 Å². The van der Waals surface area contributed by atoms with Crippen LogP contribution in [0.2, 0.25) is 0 Å². The summed E-state index contributed by atoms with van der Waals surface area (Å²) in [7, 11) is 0. The number of fused-ring (bicyclic) bond motifs is 2. The molecular formula is C23H21N7O. The SMILES string of the molecule is [2H]C([2H])([2H])n1cc2cc(-n3nc4ccc(NCC)nc4c(-c4ccc(C)nc4)c3=O)ccc2n1. The van der Waals surface area contributed by atoms with Crippen LogP contribution in [0, 0.1) is 6.92 Å². The number of anilines is 1. The van der Waals surface area contributed by atoms with E-state index in [0.717, 1.165) is 10.4 Å². The molecule has 0 amide bonds. The molecule has 31 heavy (non-hydrogen) atoms. The van der Waals surface area contributed by atoms with E-state index in [1.807, 2.05) is 38.1 Å². The van der Waals surface area contributed by atoms with Gasteiger partial charge in [0.2, 0.25) is 0 Å². The van der Waals surface area contributed by atoms with Gasteiger partial charge in [-0.1, -0.05) is 6.07 Å². The van der Waals surface area contributed by atoms with E-state index in [9.17, 15) is 4.79 Å². The first-order chi connectivity index (χ1) is 16.2. The Hall–Kier alpha value is -4.07. The quantitative estimate of drug-likeness (QED) is 0.484. The molecule has 0 aliphatic rings. The Morgan fingerprint density at radius 3 is 2.74 bits per heavy atom. The lowest BCUT2D eigenvalue weighted by Gasteiger charge is -2.12. The van der Waals surface area contributed by atoms with Crippen LogP contribution in [0.5, 0.6) is 0 Å². The first-order valence-electron chi connectivity index (χ1n) is 11.4. The highest BCUT2D eigenvalue weighted by Gasteiger charge is 2.17. The third-order valence-electron chi connectivity index (χ3n) is 5.02. The lowest BCUT2D eigenvalue weighted by molar-refractivity contribution is 0.780. The van der Waals surface area contributed by atoms with Crippen LogP contribution < -0.4 is 10.9 Å². The molecule has 4 aromatic heterocycles. The fourth-order valence-electron chi connectivity index (χ4n) is 3.55. The summed E-state index contributed by atoms with van der Waals surface area (Å²) in [4.78, 5) is 22.7. The van der Waals surface area contributed by atoms with Crippen LogP contribution in [-0.4, -0.2) is 36.1 Å². The van der Waals surface area contributed by atoms with Crippen molar-refractivity contribution in [3.05, 3.63) is 70.9 Å². The molecule has 0 unspecified atom stereocenters. The molecule has 8 heteroatoms. The predicted molar refractivity (Wildman–Crippen MR) is 122 cm³/mol. The van der Waals surface area contributed by atoms with Crippen molar-refractivity contribution >= 4 is 27.8 Å². The third-order valence-corrected chi connectivity index (χ3v) is 5.02. The Bertz CT molecular complexity index is 1590. The molecule has 0 saturated carbocycles. The lowest BCUT2D eigenvalue weighted by atomic mass is 10.1. The molecule has 0 atom stereocenters. The zero-order valence-electron chi connectivity index (χ0n) is 20.0. The molecule has 0 aliphatic heterocycles. The Labute approximate surface area is 182 Å². The van der Waals surface area contributed by atoms with Crippen LogP contribution in [0.15, 0.2) is 59.7 Å². The fourth-order valence-corrected chi connectivity index (χ4v) is 3.55. The number of hydrogen-bond donors (Lipinski definition) is 1. The smallest absolute Gasteiger partial charge is 0.281 e. The second-order valence-corrected chi connectivity index (χ2v) is 7.19. The van der Waals surface area contributed by atoms with E-state index in [1.54, 1.807) is 24.4 Å². The highest BCUT2D eigenvalue weighted by Crippen LogP contribution is 2.25. The maximum Gasteiger partial charge on any atom is 0.281 e. The van der Waals surface area contributed by atoms with Crippen LogP contribution in [0.25, 0.3) is 38.8 Å². The Morgan fingerprint density at radius 2 is 1.97 bits per heavy atom. The molecule has 0 saturated heterocycles. The second-order valence-electron chi connectivity index (χ2n) is 7.19. The van der Waals surface area contributed by atoms with Crippen molar-refractivity contribution in [2.24, 2.45) is 6.98 Å². The van der Waals surface area contributed by atoms with E-state index in [4.69, 9.17) is 4.11 Å². The van der Waals surface area contributed by atoms with Crippen LogP contribution in [-0.2, 0) is 6.98 Å². The predicted octanol–water partition coefficient (Wildman–Crippen LogP) is 3.47. The minimum absolute atomic E-state index is 0.359. The topological polar surface area (TPSA) is 90.5 Å². The molecule has 0 radical (unpaired) electrons. The number of nitrogens with zero attached hydrogens (tertiary/aromatic N) is 6. The maximum atomic E-state index is 13.7. The molecule has 0 bridgehead atoms. The van der Waals surface area contributed by atoms with E-state index in [1.165, 1.54) is 10.9 Å². The minimum Gasteiger partial charge on any atom is -0.370 e. The summed E-state index contributed by atoms with van der Waals surface area (Å²) in [5, 5.41) is 12.4. The van der Waals surface area contributed by atoms with Gasteiger partial charge in [0.15, 0.2) is 0 Å². The summed E-state index contributed by atoms with van der Waals surface area (Å²) in [6.07, 6.45) is 3.09. The lowest BCUT2D eigenvalue weighted by Crippen LogP contribution is -2.23. The molecule has 5 rings (SSSR count). The van der Waals surface area contributed by atoms with Crippen molar-refractivity contribution in [1.82, 2.24) is 29.5 Å². The normalized spacial score (nSPS) is 13.2. The summed E-state index contributed by atoms with van der Waals surface area (Å²) < 4.78 is 25.0. The van der Waals surface area contributed by atoms with Crippen molar-refractivity contribution in [3.8, 4) is 16.8 Å². The van der Waals surface area contributed by atoms with Gasteiger partial charge in [0.05, 0.1) is 16.8 Å². The van der Waals surface area contributed by atoms with E-state index >= 15 is 0 Å². The molecule has 8 nitrogen and oxygen atoms in total. The molecule has 0 fully saturated rings. The zero-order chi connectivity index (χ0) is 24.0. The van der Waals surface area contributed by atoms with Gasteiger partial charge in [0.1, 0.15) is 16.9 Å². The first kappa shape index (κ1) is 15.7. The molecule has 1 N–H and O–H groups in total. The van der Waals surface area contributed by atoms with Crippen LogP contribution >= 0.6 is 0 Å². The molecule has 4 heterocycles. The number of aryl methyl sites for hydroxylation is 2. The Kier molecular flexibility index (Phi) is 3.71. The van der Waals surface area contributed by atoms with E-state index in [-0.39, 0.29) is 5.56 Å². The van der Waals surface area contributed by atoms with Gasteiger partial charge in [0.25, 0.3) is 5.56 Å². The summed E-state index contributed by atoms with van der Waals surface area (Å²) in [5.74, 6) is 0.647. The summed E-state index contributed by atoms with van der Waals surface area (Å²) in [6.45, 7) is 2.15. The van der Waals surface area contributed by atoms with Gasteiger partial charge in [-0.15, -0.1) is 0 Å². The largest absolute Gasteiger partial charge is 0.370 e. The first-order valence-corrected chi connectivity index (χ1v) is 9.86. The Morgan fingerprint density at radius 1 is 1.10 bits per heavy atom. The highest BCUT2D eigenvalue weighted by atomic mass is 16.1. The molecule has 1 aromatic carbocycles. The summed E-state index contributed by atoms with van der Waals surface area (Å²) >= 11 is 0. The van der Waals surface area contributed by atoms with E-state index in [2.05, 4.69) is 25.5 Å². The van der Waals surface area contributed by atoms with Gasteiger partial charge in [-0.2, -0.15) is 14.9 Å². The Balaban J connectivity index is 1.76. The number of pyridine rings is 2. The van der Waals surface area contributed by atoms with E-state index < -0.39 is 6.98 Å².